The van der Waals surface area contributed by atoms with Gasteiger partial charge in [-0.15, -0.1) is 11.3 Å². The molecule has 0 atom stereocenters. The van der Waals surface area contributed by atoms with Gasteiger partial charge in [0.2, 0.25) is 0 Å². The third-order valence-corrected chi connectivity index (χ3v) is 4.80. The van der Waals surface area contributed by atoms with Crippen molar-refractivity contribution in [2.24, 2.45) is 0 Å². The first-order chi connectivity index (χ1) is 9.88. The first kappa shape index (κ1) is 13.6. The van der Waals surface area contributed by atoms with Crippen LogP contribution in [-0.4, -0.2) is 18.1 Å². The minimum atomic E-state index is 0.929. The summed E-state index contributed by atoms with van der Waals surface area (Å²) < 4.78 is 0. The van der Waals surface area contributed by atoms with Gasteiger partial charge in [0.05, 0.1) is 11.9 Å². The standard InChI is InChI=1S/C16H21N3S/c1-2-6-17-10-13-3-7-18-11-15(13)19-8-4-16-14(12-19)5-9-20-16/h3,5,7,9,11,17H,2,4,6,8,10,12H2,1H3. The Bertz CT molecular complexity index is 564. The van der Waals surface area contributed by atoms with E-state index in [9.17, 15) is 0 Å². The molecule has 2 aromatic heterocycles. The molecule has 1 N–H and O–H groups in total. The molecule has 106 valence electrons. The monoisotopic (exact) mass is 287 g/mol. The fourth-order valence-electron chi connectivity index (χ4n) is 2.70. The highest BCUT2D eigenvalue weighted by atomic mass is 32.1. The molecule has 3 heterocycles. The zero-order valence-corrected chi connectivity index (χ0v) is 12.7. The summed E-state index contributed by atoms with van der Waals surface area (Å²) in [5.74, 6) is 0. The zero-order valence-electron chi connectivity index (χ0n) is 11.9. The summed E-state index contributed by atoms with van der Waals surface area (Å²) in [5.41, 5.74) is 4.12. The molecular formula is C16H21N3S. The van der Waals surface area contributed by atoms with E-state index in [0.29, 0.717) is 0 Å². The molecule has 1 aliphatic heterocycles. The van der Waals surface area contributed by atoms with Gasteiger partial charge in [0.15, 0.2) is 0 Å². The van der Waals surface area contributed by atoms with Crippen molar-refractivity contribution < 1.29 is 0 Å². The van der Waals surface area contributed by atoms with Crippen LogP contribution in [0.3, 0.4) is 0 Å². The second-order valence-corrected chi connectivity index (χ2v) is 6.22. The van der Waals surface area contributed by atoms with Crippen LogP contribution >= 0.6 is 11.3 Å². The van der Waals surface area contributed by atoms with Crippen LogP contribution in [0.15, 0.2) is 29.9 Å². The van der Waals surface area contributed by atoms with E-state index < -0.39 is 0 Å². The fraction of sp³-hybridized carbons (Fsp3) is 0.438. The van der Waals surface area contributed by atoms with E-state index in [4.69, 9.17) is 0 Å². The second-order valence-electron chi connectivity index (χ2n) is 5.22. The van der Waals surface area contributed by atoms with Gasteiger partial charge in [-0.2, -0.15) is 0 Å². The van der Waals surface area contributed by atoms with E-state index in [0.717, 1.165) is 32.6 Å². The maximum atomic E-state index is 4.33. The average molecular weight is 287 g/mol. The normalized spacial score (nSPS) is 14.3. The predicted molar refractivity (Wildman–Crippen MR) is 85.3 cm³/mol. The molecule has 0 bridgehead atoms. The number of aromatic nitrogens is 1. The molecule has 4 heteroatoms. The zero-order chi connectivity index (χ0) is 13.8. The predicted octanol–water partition coefficient (Wildman–Crippen LogP) is 3.21. The van der Waals surface area contributed by atoms with Crippen molar-refractivity contribution >= 4 is 17.0 Å². The van der Waals surface area contributed by atoms with Gasteiger partial charge in [-0.05, 0) is 48.0 Å². The Balaban J connectivity index is 1.77. The molecule has 0 fully saturated rings. The van der Waals surface area contributed by atoms with Gasteiger partial charge < -0.3 is 10.2 Å². The van der Waals surface area contributed by atoms with E-state index >= 15 is 0 Å². The van der Waals surface area contributed by atoms with Crippen LogP contribution in [0.1, 0.15) is 29.3 Å². The molecule has 0 saturated heterocycles. The minimum absolute atomic E-state index is 0.929. The van der Waals surface area contributed by atoms with Crippen LogP contribution in [0.2, 0.25) is 0 Å². The topological polar surface area (TPSA) is 28.2 Å². The van der Waals surface area contributed by atoms with Crippen molar-refractivity contribution in [3.63, 3.8) is 0 Å². The van der Waals surface area contributed by atoms with Gasteiger partial charge >= 0.3 is 0 Å². The molecule has 3 rings (SSSR count). The van der Waals surface area contributed by atoms with Crippen LogP contribution < -0.4 is 10.2 Å². The number of pyridine rings is 1. The van der Waals surface area contributed by atoms with Gasteiger partial charge in [0.25, 0.3) is 0 Å². The van der Waals surface area contributed by atoms with Gasteiger partial charge in [-0.25, -0.2) is 0 Å². The first-order valence-electron chi connectivity index (χ1n) is 7.32. The number of hydrogen-bond donors (Lipinski definition) is 1. The SMILES string of the molecule is CCCNCc1ccncc1N1CCc2sccc2C1. The van der Waals surface area contributed by atoms with E-state index in [1.807, 2.05) is 23.7 Å². The van der Waals surface area contributed by atoms with Gasteiger partial charge in [0, 0.05) is 30.7 Å². The van der Waals surface area contributed by atoms with Crippen molar-refractivity contribution in [2.45, 2.75) is 32.9 Å². The summed E-state index contributed by atoms with van der Waals surface area (Å²) >= 11 is 1.89. The molecule has 0 aromatic carbocycles. The number of fused-ring (bicyclic) bond motifs is 1. The first-order valence-corrected chi connectivity index (χ1v) is 8.20. The highest BCUT2D eigenvalue weighted by Crippen LogP contribution is 2.29. The lowest BCUT2D eigenvalue weighted by molar-refractivity contribution is 0.667. The van der Waals surface area contributed by atoms with Gasteiger partial charge in [-0.1, -0.05) is 6.92 Å². The smallest absolute Gasteiger partial charge is 0.0601 e. The highest BCUT2D eigenvalue weighted by molar-refractivity contribution is 7.10. The van der Waals surface area contributed by atoms with Crippen molar-refractivity contribution in [1.82, 2.24) is 10.3 Å². The Labute approximate surface area is 124 Å². The maximum absolute atomic E-state index is 4.33. The highest BCUT2D eigenvalue weighted by Gasteiger charge is 2.19. The number of hydrogen-bond acceptors (Lipinski definition) is 4. The third kappa shape index (κ3) is 2.86. The van der Waals surface area contributed by atoms with E-state index in [-0.39, 0.29) is 0 Å². The second kappa shape index (κ2) is 6.37. The largest absolute Gasteiger partial charge is 0.365 e. The Morgan fingerprint density at radius 3 is 3.25 bits per heavy atom. The Morgan fingerprint density at radius 2 is 2.35 bits per heavy atom. The minimum Gasteiger partial charge on any atom is -0.365 e. The molecule has 1 aliphatic rings. The maximum Gasteiger partial charge on any atom is 0.0601 e. The summed E-state index contributed by atoms with van der Waals surface area (Å²) in [7, 11) is 0. The molecule has 0 saturated carbocycles. The molecule has 3 nitrogen and oxygen atoms in total. The number of thiophene rings is 1. The summed E-state index contributed by atoms with van der Waals surface area (Å²) in [4.78, 5) is 8.34. The van der Waals surface area contributed by atoms with E-state index in [1.165, 1.54) is 23.2 Å². The molecule has 0 radical (unpaired) electrons. The summed E-state index contributed by atoms with van der Waals surface area (Å²) in [6.45, 7) is 6.31. The number of anilines is 1. The lowest BCUT2D eigenvalue weighted by Crippen LogP contribution is -2.31. The average Bonchev–Trinajstić information content (AvgIpc) is 2.95. The molecular weight excluding hydrogens is 266 g/mol. The number of nitrogens with one attached hydrogen (secondary N) is 1. The van der Waals surface area contributed by atoms with E-state index in [2.05, 4.69) is 39.6 Å². The van der Waals surface area contributed by atoms with Crippen molar-refractivity contribution in [2.75, 3.05) is 18.0 Å². The van der Waals surface area contributed by atoms with Crippen LogP contribution in [0.4, 0.5) is 5.69 Å². The van der Waals surface area contributed by atoms with Crippen molar-refractivity contribution in [3.05, 3.63) is 45.9 Å². The molecule has 0 amide bonds. The summed E-state index contributed by atoms with van der Waals surface area (Å²) in [6, 6.07) is 4.40. The van der Waals surface area contributed by atoms with Crippen LogP contribution in [0.25, 0.3) is 0 Å². The number of nitrogens with zero attached hydrogens (tertiary/aromatic N) is 2. The molecule has 0 unspecified atom stereocenters. The van der Waals surface area contributed by atoms with Crippen molar-refractivity contribution in [3.8, 4) is 0 Å². The Kier molecular flexibility index (Phi) is 4.33. The summed E-state index contributed by atoms with van der Waals surface area (Å²) in [6.07, 6.45) is 6.23. The Morgan fingerprint density at radius 1 is 1.40 bits per heavy atom. The van der Waals surface area contributed by atoms with Crippen LogP contribution in [0, 0.1) is 0 Å². The lowest BCUT2D eigenvalue weighted by Gasteiger charge is -2.30. The third-order valence-electron chi connectivity index (χ3n) is 3.78. The van der Waals surface area contributed by atoms with Crippen LogP contribution in [-0.2, 0) is 19.5 Å². The summed E-state index contributed by atoms with van der Waals surface area (Å²) in [5, 5.41) is 5.70. The molecule has 0 aliphatic carbocycles. The van der Waals surface area contributed by atoms with Crippen molar-refractivity contribution in [1.29, 1.82) is 0 Å². The van der Waals surface area contributed by atoms with Gasteiger partial charge in [-0.3, -0.25) is 4.98 Å². The molecule has 20 heavy (non-hydrogen) atoms. The lowest BCUT2D eigenvalue weighted by atomic mass is 10.1. The Hall–Kier alpha value is -1.39. The molecule has 0 spiro atoms. The number of rotatable bonds is 5. The van der Waals surface area contributed by atoms with E-state index in [1.54, 1.807) is 4.88 Å². The van der Waals surface area contributed by atoms with Gasteiger partial charge in [0.1, 0.15) is 0 Å². The quantitative estimate of drug-likeness (QED) is 0.856. The fourth-order valence-corrected chi connectivity index (χ4v) is 3.59. The van der Waals surface area contributed by atoms with Crippen LogP contribution in [0.5, 0.6) is 0 Å². The molecule has 2 aromatic rings.